The number of aromatic nitrogens is 4. The third-order valence-electron chi connectivity index (χ3n) is 6.25. The van der Waals surface area contributed by atoms with E-state index in [-0.39, 0.29) is 37.1 Å². The van der Waals surface area contributed by atoms with Gasteiger partial charge in [0.25, 0.3) is 5.91 Å². The number of carbonyl (C=O) groups is 4. The number of halogens is 2. The molecule has 0 saturated heterocycles. The van der Waals surface area contributed by atoms with E-state index in [2.05, 4.69) is 31.5 Å². The van der Waals surface area contributed by atoms with Crippen molar-refractivity contribution in [3.05, 3.63) is 107 Å². The summed E-state index contributed by atoms with van der Waals surface area (Å²) in [6.07, 6.45) is 4.35. The molecule has 1 aromatic heterocycles. The normalized spacial score (nSPS) is 11.6. The lowest BCUT2D eigenvalue weighted by Gasteiger charge is -2.18. The molecule has 4 aromatic rings. The lowest BCUT2D eigenvalue weighted by Crippen LogP contribution is -2.44. The quantitative estimate of drug-likeness (QED) is 0.130. The topological polar surface area (TPSA) is 168 Å². The molecule has 0 spiro atoms. The maximum absolute atomic E-state index is 14.8. The van der Waals surface area contributed by atoms with Crippen LogP contribution in [0, 0.1) is 5.82 Å². The van der Waals surface area contributed by atoms with Crippen LogP contribution in [0.25, 0.3) is 11.8 Å². The smallest absolute Gasteiger partial charge is 0.303 e. The summed E-state index contributed by atoms with van der Waals surface area (Å²) in [4.78, 5) is 49.2. The van der Waals surface area contributed by atoms with E-state index in [0.717, 1.165) is 11.6 Å². The third-order valence-corrected chi connectivity index (χ3v) is 6.48. The maximum Gasteiger partial charge on any atom is 0.303 e. The molecule has 0 fully saturated rings. The second-order valence-corrected chi connectivity index (χ2v) is 9.92. The van der Waals surface area contributed by atoms with Gasteiger partial charge in [-0.3, -0.25) is 19.2 Å². The van der Waals surface area contributed by atoms with Crippen molar-refractivity contribution < 1.29 is 28.7 Å². The second kappa shape index (κ2) is 15.2. The largest absolute Gasteiger partial charge is 0.481 e. The Morgan fingerprint density at radius 2 is 1.84 bits per heavy atom. The number of anilines is 1. The average molecular weight is 620 g/mol. The van der Waals surface area contributed by atoms with Crippen LogP contribution in [0.15, 0.2) is 79.1 Å². The molecule has 12 nitrogen and oxygen atoms in total. The van der Waals surface area contributed by atoms with E-state index in [9.17, 15) is 23.6 Å². The monoisotopic (exact) mass is 619 g/mol. The van der Waals surface area contributed by atoms with Gasteiger partial charge in [-0.2, -0.15) is 4.68 Å². The van der Waals surface area contributed by atoms with Crippen LogP contribution in [0.2, 0.25) is 5.02 Å². The summed E-state index contributed by atoms with van der Waals surface area (Å²) in [5.41, 5.74) is 1.70. The number of amides is 3. The van der Waals surface area contributed by atoms with Crippen LogP contribution in [-0.2, 0) is 20.8 Å². The minimum atomic E-state index is -1.05. The highest BCUT2D eigenvalue weighted by Gasteiger charge is 2.22. The van der Waals surface area contributed by atoms with Crippen LogP contribution in [0.3, 0.4) is 0 Å². The molecular weight excluding hydrogens is 593 g/mol. The number of carboxylic acid groups (broad SMARTS) is 1. The molecule has 0 aliphatic rings. The van der Waals surface area contributed by atoms with Gasteiger partial charge in [-0.15, -0.1) is 5.10 Å². The molecule has 1 heterocycles. The lowest BCUT2D eigenvalue weighted by molar-refractivity contribution is -0.137. The van der Waals surface area contributed by atoms with Crippen molar-refractivity contribution in [2.45, 2.75) is 25.3 Å². The van der Waals surface area contributed by atoms with Gasteiger partial charge in [0.15, 0.2) is 0 Å². The molecule has 226 valence electrons. The fourth-order valence-corrected chi connectivity index (χ4v) is 4.31. The van der Waals surface area contributed by atoms with Crippen molar-refractivity contribution in [2.75, 3.05) is 11.9 Å². The molecule has 3 amide bonds. The second-order valence-electron chi connectivity index (χ2n) is 9.48. The van der Waals surface area contributed by atoms with Crippen LogP contribution in [0.5, 0.6) is 0 Å². The zero-order valence-electron chi connectivity index (χ0n) is 23.1. The van der Waals surface area contributed by atoms with Crippen molar-refractivity contribution in [2.24, 2.45) is 0 Å². The van der Waals surface area contributed by atoms with E-state index in [4.69, 9.17) is 16.7 Å². The van der Waals surface area contributed by atoms with E-state index in [1.54, 1.807) is 42.5 Å². The molecule has 0 bridgehead atoms. The van der Waals surface area contributed by atoms with Gasteiger partial charge < -0.3 is 21.1 Å². The Kier molecular flexibility index (Phi) is 10.9. The Balaban J connectivity index is 1.46. The minimum absolute atomic E-state index is 0.0641. The van der Waals surface area contributed by atoms with E-state index in [0.29, 0.717) is 16.3 Å². The van der Waals surface area contributed by atoms with Crippen molar-refractivity contribution in [3.8, 4) is 5.69 Å². The number of nitrogens with zero attached hydrogens (tertiary/aromatic N) is 4. The number of nitrogens with one attached hydrogen (secondary N) is 3. The van der Waals surface area contributed by atoms with Crippen molar-refractivity contribution in [1.29, 1.82) is 0 Å². The Morgan fingerprint density at radius 3 is 2.55 bits per heavy atom. The third kappa shape index (κ3) is 9.03. The number of benzene rings is 3. The van der Waals surface area contributed by atoms with Gasteiger partial charge in [0, 0.05) is 41.7 Å². The van der Waals surface area contributed by atoms with Crippen molar-refractivity contribution in [3.63, 3.8) is 0 Å². The fourth-order valence-electron chi connectivity index (χ4n) is 4.13. The molecule has 0 saturated carbocycles. The predicted molar refractivity (Wildman–Crippen MR) is 160 cm³/mol. The first-order chi connectivity index (χ1) is 21.2. The molecule has 3 aromatic carbocycles. The molecule has 0 aliphatic carbocycles. The Labute approximate surface area is 255 Å². The van der Waals surface area contributed by atoms with Crippen LogP contribution in [0.4, 0.5) is 10.1 Å². The zero-order valence-corrected chi connectivity index (χ0v) is 23.9. The number of aliphatic carboxylic acids is 1. The van der Waals surface area contributed by atoms with Crippen molar-refractivity contribution >= 4 is 47.1 Å². The summed E-state index contributed by atoms with van der Waals surface area (Å²) in [5.74, 6) is -3.79. The number of carboxylic acids is 1. The summed E-state index contributed by atoms with van der Waals surface area (Å²) in [5, 5.41) is 28.0. The zero-order chi connectivity index (χ0) is 31.5. The SMILES string of the molecule is O=C(O)CCCNC(=O)c1ccc(NC(=O)[C@H](Cc2ccccc2)NC(=O)C=Cc2cc(Cl)ccc2-n2cnnn2)cc1F. The summed E-state index contributed by atoms with van der Waals surface area (Å²) in [7, 11) is 0. The van der Waals surface area contributed by atoms with E-state index in [1.165, 1.54) is 35.3 Å². The first-order valence-corrected chi connectivity index (χ1v) is 13.7. The first-order valence-electron chi connectivity index (χ1n) is 13.4. The number of tetrazole rings is 1. The van der Waals surface area contributed by atoms with Crippen LogP contribution >= 0.6 is 11.6 Å². The molecule has 4 N–H and O–H groups in total. The average Bonchev–Trinajstić information content (AvgIpc) is 3.53. The molecule has 0 radical (unpaired) electrons. The number of carbonyl (C=O) groups excluding carboxylic acids is 3. The molecule has 14 heteroatoms. The molecule has 44 heavy (non-hydrogen) atoms. The van der Waals surface area contributed by atoms with Gasteiger partial charge in [-0.25, -0.2) is 4.39 Å². The molecular formula is C30H27ClFN7O5. The highest BCUT2D eigenvalue weighted by Crippen LogP contribution is 2.20. The number of rotatable bonds is 13. The highest BCUT2D eigenvalue weighted by atomic mass is 35.5. The summed E-state index contributed by atoms with van der Waals surface area (Å²) in [6, 6.07) is 16.5. The van der Waals surface area contributed by atoms with Gasteiger partial charge >= 0.3 is 5.97 Å². The van der Waals surface area contributed by atoms with E-state index >= 15 is 0 Å². The Morgan fingerprint density at radius 1 is 1.05 bits per heavy atom. The van der Waals surface area contributed by atoms with Crippen LogP contribution < -0.4 is 16.0 Å². The van der Waals surface area contributed by atoms with Crippen LogP contribution in [-0.4, -0.2) is 61.6 Å². The summed E-state index contributed by atoms with van der Waals surface area (Å²) >= 11 is 6.15. The van der Waals surface area contributed by atoms with Gasteiger partial charge in [-0.05, 0) is 64.9 Å². The lowest BCUT2D eigenvalue weighted by atomic mass is 10.0. The van der Waals surface area contributed by atoms with E-state index in [1.807, 2.05) is 6.07 Å². The van der Waals surface area contributed by atoms with Gasteiger partial charge in [-0.1, -0.05) is 41.9 Å². The standard InChI is InChI=1S/C30H27ClFN7O5/c31-21-9-12-26(39-18-34-37-38-39)20(16-21)8-13-27(40)36-25(15-19-5-2-1-3-6-19)30(44)35-22-10-11-23(24(32)17-22)29(43)33-14-4-7-28(41)42/h1-3,5-6,8-13,16-18,25H,4,7,14-15H2,(H,33,43)(H,35,44)(H,36,40)(H,41,42)/t25-/m0/s1. The van der Waals surface area contributed by atoms with Gasteiger partial charge in [0.2, 0.25) is 11.8 Å². The van der Waals surface area contributed by atoms with Gasteiger partial charge in [0.1, 0.15) is 18.2 Å². The molecule has 1 atom stereocenters. The maximum atomic E-state index is 14.8. The van der Waals surface area contributed by atoms with Crippen molar-refractivity contribution in [1.82, 2.24) is 30.8 Å². The molecule has 0 aliphatic heterocycles. The first kappa shape index (κ1) is 31.5. The molecule has 0 unspecified atom stereocenters. The van der Waals surface area contributed by atoms with Gasteiger partial charge in [0.05, 0.1) is 11.3 Å². The van der Waals surface area contributed by atoms with Crippen LogP contribution in [0.1, 0.15) is 34.3 Å². The highest BCUT2D eigenvalue weighted by molar-refractivity contribution is 6.30. The Hall–Kier alpha value is -5.43. The Bertz CT molecular complexity index is 1670. The molecule has 4 rings (SSSR count). The number of hydrogen-bond acceptors (Lipinski definition) is 7. The summed E-state index contributed by atoms with van der Waals surface area (Å²) in [6.45, 7) is 0.0641. The minimum Gasteiger partial charge on any atom is -0.481 e. The fraction of sp³-hybridized carbons (Fsp3) is 0.167. The van der Waals surface area contributed by atoms with E-state index < -0.39 is 35.5 Å². The number of hydrogen-bond donors (Lipinski definition) is 4. The predicted octanol–water partition coefficient (Wildman–Crippen LogP) is 3.43. The summed E-state index contributed by atoms with van der Waals surface area (Å²) < 4.78 is 16.2.